The van der Waals surface area contributed by atoms with E-state index in [9.17, 15) is 18.0 Å². The number of hydrogen-bond acceptors (Lipinski definition) is 7. The predicted octanol–water partition coefficient (Wildman–Crippen LogP) is 0.364. The summed E-state index contributed by atoms with van der Waals surface area (Å²) >= 11 is 3.02. The Hall–Kier alpha value is -1.93. The summed E-state index contributed by atoms with van der Waals surface area (Å²) in [4.78, 5) is 4.07. The highest BCUT2D eigenvalue weighted by Gasteiger charge is 2.17. The van der Waals surface area contributed by atoms with E-state index < -0.39 is 16.0 Å². The highest BCUT2D eigenvalue weighted by atomic mass is 79.9. The van der Waals surface area contributed by atoms with Crippen LogP contribution in [0.25, 0.3) is 0 Å². The molecule has 0 saturated carbocycles. The van der Waals surface area contributed by atoms with E-state index in [1.807, 2.05) is 5.48 Å². The minimum atomic E-state index is -3.84. The topological polar surface area (TPSA) is 156 Å². The van der Waals surface area contributed by atoms with Crippen LogP contribution in [0.1, 0.15) is 11.4 Å². The molecule has 2 rings (SSSR count). The van der Waals surface area contributed by atoms with Gasteiger partial charge in [0.05, 0.1) is 10.2 Å². The molecule has 10 nitrogen and oxygen atoms in total. The summed E-state index contributed by atoms with van der Waals surface area (Å²) in [5.74, 6) is -0.578. The molecule has 130 valence electrons. The number of benzene rings is 1. The third kappa shape index (κ3) is 5.04. The maximum Gasteiger partial charge on any atom is 0.274 e. The van der Waals surface area contributed by atoms with E-state index >= 15 is 0 Å². The van der Waals surface area contributed by atoms with Crippen molar-refractivity contribution in [1.29, 1.82) is 0 Å². The van der Waals surface area contributed by atoms with Crippen molar-refractivity contribution in [3.05, 3.63) is 39.9 Å². The van der Waals surface area contributed by atoms with Gasteiger partial charge in [-0.3, -0.25) is 10.7 Å². The second kappa shape index (κ2) is 7.76. The van der Waals surface area contributed by atoms with Gasteiger partial charge in [-0.15, -0.1) is 0 Å². The first kappa shape index (κ1) is 18.4. The Bertz CT molecular complexity index is 856. The lowest BCUT2D eigenvalue weighted by Crippen LogP contribution is -2.32. The standard InChI is InChI=1S/C11H12BrFN6O4S/c12-7-5-6(1-2-8(7)13)16-11(17-20)10-9(18-23-19-10)3-4-15-24(14,21)22/h1-2,5,15,20H,3-4H2,(H,16,17)(H2,14,21,22). The fraction of sp³-hybridized carbons (Fsp3) is 0.182. The van der Waals surface area contributed by atoms with Crippen molar-refractivity contribution < 1.29 is 22.6 Å². The number of amidine groups is 1. The van der Waals surface area contributed by atoms with Crippen molar-refractivity contribution in [3.63, 3.8) is 0 Å². The number of rotatable bonds is 6. The molecule has 0 amide bonds. The maximum atomic E-state index is 13.2. The van der Waals surface area contributed by atoms with Crippen LogP contribution in [0.3, 0.4) is 0 Å². The smallest absolute Gasteiger partial charge is 0.274 e. The lowest BCUT2D eigenvalue weighted by molar-refractivity contribution is 0.234. The van der Waals surface area contributed by atoms with Crippen molar-refractivity contribution in [3.8, 4) is 0 Å². The fourth-order valence-corrected chi connectivity index (χ4v) is 2.43. The van der Waals surface area contributed by atoms with Crippen LogP contribution in [0, 0.1) is 5.82 Å². The van der Waals surface area contributed by atoms with E-state index in [2.05, 4.69) is 40.6 Å². The van der Waals surface area contributed by atoms with Gasteiger partial charge in [0, 0.05) is 13.0 Å². The molecular formula is C11H12BrFN6O4S. The van der Waals surface area contributed by atoms with Crippen molar-refractivity contribution in [1.82, 2.24) is 20.5 Å². The van der Waals surface area contributed by atoms with E-state index in [1.54, 1.807) is 0 Å². The molecule has 24 heavy (non-hydrogen) atoms. The zero-order valence-corrected chi connectivity index (χ0v) is 14.3. The van der Waals surface area contributed by atoms with E-state index in [0.29, 0.717) is 5.69 Å². The Morgan fingerprint density at radius 2 is 2.21 bits per heavy atom. The average molecular weight is 423 g/mol. The molecule has 0 aliphatic carbocycles. The fourth-order valence-electron chi connectivity index (χ4n) is 1.68. The molecule has 0 unspecified atom stereocenters. The molecule has 1 heterocycles. The van der Waals surface area contributed by atoms with Gasteiger partial charge in [0.25, 0.3) is 10.2 Å². The molecule has 1 aromatic heterocycles. The van der Waals surface area contributed by atoms with Crippen LogP contribution in [0.5, 0.6) is 0 Å². The summed E-state index contributed by atoms with van der Waals surface area (Å²) < 4.78 is 41.7. The van der Waals surface area contributed by atoms with Gasteiger partial charge < -0.3 is 0 Å². The first-order chi connectivity index (χ1) is 11.3. The summed E-state index contributed by atoms with van der Waals surface area (Å²) in [5.41, 5.74) is 2.46. The lowest BCUT2D eigenvalue weighted by atomic mass is 10.2. The molecule has 1 aromatic carbocycles. The molecule has 0 aliphatic heterocycles. The second-order valence-electron chi connectivity index (χ2n) is 4.42. The first-order valence-electron chi connectivity index (χ1n) is 6.33. The van der Waals surface area contributed by atoms with Gasteiger partial charge in [-0.2, -0.15) is 8.42 Å². The number of nitrogens with two attached hydrogens (primary N) is 1. The summed E-state index contributed by atoms with van der Waals surface area (Å²) in [6.45, 7) is -0.0547. The van der Waals surface area contributed by atoms with Gasteiger partial charge in [0.1, 0.15) is 11.5 Å². The number of halogens is 2. The van der Waals surface area contributed by atoms with Crippen LogP contribution in [0.15, 0.2) is 32.3 Å². The van der Waals surface area contributed by atoms with Crippen molar-refractivity contribution in [2.75, 3.05) is 6.54 Å². The van der Waals surface area contributed by atoms with Crippen LogP contribution in [-0.2, 0) is 16.6 Å². The quantitative estimate of drug-likeness (QED) is 0.297. The predicted molar refractivity (Wildman–Crippen MR) is 84.3 cm³/mol. The van der Waals surface area contributed by atoms with Crippen LogP contribution in [-0.4, -0.2) is 36.3 Å². The van der Waals surface area contributed by atoms with Gasteiger partial charge in [0.15, 0.2) is 11.5 Å². The number of aromatic nitrogens is 2. The van der Waals surface area contributed by atoms with E-state index in [1.165, 1.54) is 18.2 Å². The van der Waals surface area contributed by atoms with Crippen molar-refractivity contribution in [2.45, 2.75) is 6.42 Å². The van der Waals surface area contributed by atoms with Gasteiger partial charge in [-0.25, -0.2) is 23.9 Å². The van der Waals surface area contributed by atoms with E-state index in [-0.39, 0.29) is 34.7 Å². The molecule has 0 radical (unpaired) electrons. The summed E-state index contributed by atoms with van der Waals surface area (Å²) in [5, 5.41) is 21.3. The Labute approximate surface area is 144 Å². The van der Waals surface area contributed by atoms with Crippen molar-refractivity contribution in [2.24, 2.45) is 10.1 Å². The number of aliphatic imine (C=N–C) groups is 1. The highest BCUT2D eigenvalue weighted by molar-refractivity contribution is 9.10. The SMILES string of the molecule is NS(=O)(=O)NCCc1nonc1C(=Nc1ccc(F)c(Br)c1)NO. The normalized spacial score (nSPS) is 12.4. The van der Waals surface area contributed by atoms with Gasteiger partial charge >= 0.3 is 0 Å². The zero-order chi connectivity index (χ0) is 17.7. The monoisotopic (exact) mass is 422 g/mol. The molecule has 0 aliphatic rings. The summed E-state index contributed by atoms with van der Waals surface area (Å²) in [7, 11) is -3.84. The zero-order valence-electron chi connectivity index (χ0n) is 11.9. The van der Waals surface area contributed by atoms with Crippen LogP contribution < -0.4 is 15.3 Å². The molecule has 0 atom stereocenters. The van der Waals surface area contributed by atoms with Crippen LogP contribution in [0.4, 0.5) is 10.1 Å². The third-order valence-corrected chi connectivity index (χ3v) is 3.91. The number of nitrogens with one attached hydrogen (secondary N) is 2. The van der Waals surface area contributed by atoms with E-state index in [4.69, 9.17) is 5.14 Å². The van der Waals surface area contributed by atoms with Gasteiger partial charge in [-0.1, -0.05) is 5.16 Å². The molecule has 0 saturated heterocycles. The molecule has 2 aromatic rings. The molecule has 5 N–H and O–H groups in total. The number of hydrogen-bond donors (Lipinski definition) is 4. The average Bonchev–Trinajstić information content (AvgIpc) is 2.95. The largest absolute Gasteiger partial charge is 0.290 e. The van der Waals surface area contributed by atoms with Crippen LogP contribution in [0.2, 0.25) is 0 Å². The molecule has 13 heteroatoms. The molecular weight excluding hydrogens is 411 g/mol. The summed E-state index contributed by atoms with van der Waals surface area (Å²) in [6.07, 6.45) is 0.0864. The van der Waals surface area contributed by atoms with Gasteiger partial charge in [-0.05, 0) is 39.3 Å². The Morgan fingerprint density at radius 3 is 2.83 bits per heavy atom. The Morgan fingerprint density at radius 1 is 1.46 bits per heavy atom. The van der Waals surface area contributed by atoms with Crippen LogP contribution >= 0.6 is 15.9 Å². The minimum absolute atomic E-state index is 0.0547. The van der Waals surface area contributed by atoms with E-state index in [0.717, 1.165) is 0 Å². The number of hydroxylamine groups is 1. The number of nitrogens with zero attached hydrogens (tertiary/aromatic N) is 3. The molecule has 0 fully saturated rings. The third-order valence-electron chi connectivity index (χ3n) is 2.70. The maximum absolute atomic E-state index is 13.2. The lowest BCUT2D eigenvalue weighted by Gasteiger charge is -2.04. The second-order valence-corrected chi connectivity index (χ2v) is 6.65. The van der Waals surface area contributed by atoms with Gasteiger partial charge in [0.2, 0.25) is 0 Å². The first-order valence-corrected chi connectivity index (χ1v) is 8.67. The minimum Gasteiger partial charge on any atom is -0.290 e. The molecule has 0 bridgehead atoms. The van der Waals surface area contributed by atoms with Crippen molar-refractivity contribution >= 4 is 37.7 Å². The molecule has 0 spiro atoms. The Balaban J connectivity index is 2.23. The highest BCUT2D eigenvalue weighted by Crippen LogP contribution is 2.22. The summed E-state index contributed by atoms with van der Waals surface area (Å²) in [6, 6.07) is 3.96. The Kier molecular flexibility index (Phi) is 5.95.